The zero-order chi connectivity index (χ0) is 20.5. The Morgan fingerprint density at radius 2 is 1.79 bits per heavy atom. The van der Waals surface area contributed by atoms with E-state index in [1.165, 1.54) is 27.5 Å². The van der Waals surface area contributed by atoms with Crippen molar-refractivity contribution in [2.45, 2.75) is 39.3 Å². The lowest BCUT2D eigenvalue weighted by atomic mass is 10.0. The molecule has 4 aromatic rings. The van der Waals surface area contributed by atoms with Gasteiger partial charge in [-0.05, 0) is 23.5 Å². The largest absolute Gasteiger partial charge is 0.437 e. The standard InChI is InChI=1S/C20H22N6O3/c1-13(2)15-6-4-14(5-7-15)8-9-26-20(28)29-16(23-26)10-25-12-22-18-17(19(25)27)24(3)11-21-18/h4-7,11-13H,8-10H2,1-3H3. The molecule has 9 nitrogen and oxygen atoms in total. The lowest BCUT2D eigenvalue weighted by Crippen LogP contribution is -2.22. The number of hydrogen-bond acceptors (Lipinski definition) is 6. The van der Waals surface area contributed by atoms with E-state index in [1.807, 2.05) is 0 Å². The van der Waals surface area contributed by atoms with Crippen LogP contribution in [0.4, 0.5) is 0 Å². The fourth-order valence-electron chi connectivity index (χ4n) is 3.19. The highest BCUT2D eigenvalue weighted by molar-refractivity contribution is 5.68. The summed E-state index contributed by atoms with van der Waals surface area (Å²) in [5.41, 5.74) is 2.90. The highest BCUT2D eigenvalue weighted by Crippen LogP contribution is 2.15. The quantitative estimate of drug-likeness (QED) is 0.493. The van der Waals surface area contributed by atoms with Crippen LogP contribution in [-0.4, -0.2) is 28.9 Å². The lowest BCUT2D eigenvalue weighted by Gasteiger charge is -2.06. The molecule has 0 aliphatic carbocycles. The van der Waals surface area contributed by atoms with Crippen molar-refractivity contribution in [1.29, 1.82) is 0 Å². The summed E-state index contributed by atoms with van der Waals surface area (Å²) in [6.45, 7) is 4.73. The number of rotatable bonds is 6. The van der Waals surface area contributed by atoms with E-state index in [0.29, 0.717) is 30.0 Å². The van der Waals surface area contributed by atoms with Crippen LogP contribution < -0.4 is 11.3 Å². The van der Waals surface area contributed by atoms with Crippen LogP contribution in [0.2, 0.25) is 0 Å². The number of benzene rings is 1. The van der Waals surface area contributed by atoms with Gasteiger partial charge >= 0.3 is 5.76 Å². The first-order valence-electron chi connectivity index (χ1n) is 9.44. The normalized spacial score (nSPS) is 11.6. The third-order valence-corrected chi connectivity index (χ3v) is 4.91. The van der Waals surface area contributed by atoms with Crippen LogP contribution in [-0.2, 0) is 26.6 Å². The van der Waals surface area contributed by atoms with Crippen LogP contribution in [0.1, 0.15) is 36.8 Å². The molecule has 0 bridgehead atoms. The molecular formula is C20H22N6O3. The second-order valence-corrected chi connectivity index (χ2v) is 7.34. The van der Waals surface area contributed by atoms with Gasteiger partial charge in [0.05, 0.1) is 12.9 Å². The number of nitrogens with zero attached hydrogens (tertiary/aromatic N) is 6. The predicted molar refractivity (Wildman–Crippen MR) is 107 cm³/mol. The van der Waals surface area contributed by atoms with Crippen molar-refractivity contribution >= 4 is 11.2 Å². The molecule has 0 saturated heterocycles. The van der Waals surface area contributed by atoms with Crippen LogP contribution in [0, 0.1) is 0 Å². The van der Waals surface area contributed by atoms with Crippen molar-refractivity contribution in [2.24, 2.45) is 7.05 Å². The van der Waals surface area contributed by atoms with Gasteiger partial charge in [0.1, 0.15) is 12.9 Å². The van der Waals surface area contributed by atoms with Crippen molar-refractivity contribution in [3.8, 4) is 0 Å². The third-order valence-electron chi connectivity index (χ3n) is 4.91. The molecule has 29 heavy (non-hydrogen) atoms. The van der Waals surface area contributed by atoms with Gasteiger partial charge in [0.15, 0.2) is 11.2 Å². The summed E-state index contributed by atoms with van der Waals surface area (Å²) < 4.78 is 9.47. The summed E-state index contributed by atoms with van der Waals surface area (Å²) in [6.07, 6.45) is 3.58. The summed E-state index contributed by atoms with van der Waals surface area (Å²) in [6, 6.07) is 8.33. The van der Waals surface area contributed by atoms with E-state index >= 15 is 0 Å². The van der Waals surface area contributed by atoms with E-state index in [1.54, 1.807) is 11.6 Å². The first kappa shape index (κ1) is 18.9. The minimum atomic E-state index is -0.540. The maximum absolute atomic E-state index is 12.6. The average molecular weight is 394 g/mol. The fourth-order valence-corrected chi connectivity index (χ4v) is 3.19. The van der Waals surface area contributed by atoms with Gasteiger partial charge in [-0.3, -0.25) is 9.36 Å². The SMILES string of the molecule is CC(C)c1ccc(CCn2nc(Cn3cnc4ncn(C)c4c3=O)oc2=O)cc1. The summed E-state index contributed by atoms with van der Waals surface area (Å²) in [4.78, 5) is 32.9. The minimum absolute atomic E-state index is 0.0261. The predicted octanol–water partition coefficient (Wildman–Crippen LogP) is 1.69. The Morgan fingerprint density at radius 1 is 1.07 bits per heavy atom. The molecule has 3 heterocycles. The van der Waals surface area contributed by atoms with Gasteiger partial charge in [0.2, 0.25) is 5.89 Å². The second-order valence-electron chi connectivity index (χ2n) is 7.34. The highest BCUT2D eigenvalue weighted by Gasteiger charge is 2.13. The molecule has 1 aromatic carbocycles. The Labute approximate surface area is 166 Å². The first-order valence-corrected chi connectivity index (χ1v) is 9.44. The van der Waals surface area contributed by atoms with E-state index in [-0.39, 0.29) is 18.0 Å². The molecule has 0 atom stereocenters. The smallest absolute Gasteiger partial charge is 0.390 e. The molecule has 0 aliphatic rings. The van der Waals surface area contributed by atoms with E-state index in [9.17, 15) is 9.59 Å². The van der Waals surface area contributed by atoms with Crippen molar-refractivity contribution in [3.05, 3.63) is 74.8 Å². The lowest BCUT2D eigenvalue weighted by molar-refractivity contribution is 0.434. The zero-order valence-electron chi connectivity index (χ0n) is 16.6. The Kier molecular flexibility index (Phi) is 4.87. The van der Waals surface area contributed by atoms with Gasteiger partial charge in [-0.15, -0.1) is 5.10 Å². The van der Waals surface area contributed by atoms with Gasteiger partial charge in [-0.1, -0.05) is 38.1 Å². The summed E-state index contributed by atoms with van der Waals surface area (Å²) in [5, 5.41) is 4.22. The Hall–Kier alpha value is -3.49. The van der Waals surface area contributed by atoms with E-state index in [4.69, 9.17) is 4.42 Å². The second kappa shape index (κ2) is 7.50. The van der Waals surface area contributed by atoms with Crippen molar-refractivity contribution in [1.82, 2.24) is 28.9 Å². The van der Waals surface area contributed by atoms with Gasteiger partial charge in [-0.2, -0.15) is 4.68 Å². The summed E-state index contributed by atoms with van der Waals surface area (Å²) >= 11 is 0. The molecule has 0 saturated carbocycles. The topological polar surface area (TPSA) is 101 Å². The molecule has 0 aliphatic heterocycles. The minimum Gasteiger partial charge on any atom is -0.390 e. The number of imidazole rings is 1. The third kappa shape index (κ3) is 3.75. The number of fused-ring (bicyclic) bond motifs is 1. The number of aryl methyl sites for hydroxylation is 3. The molecule has 0 radical (unpaired) electrons. The van der Waals surface area contributed by atoms with Gasteiger partial charge in [-0.25, -0.2) is 14.8 Å². The molecule has 0 spiro atoms. The van der Waals surface area contributed by atoms with E-state index in [0.717, 1.165) is 5.56 Å². The molecule has 150 valence electrons. The molecule has 0 unspecified atom stereocenters. The molecule has 0 fully saturated rings. The van der Waals surface area contributed by atoms with Crippen molar-refractivity contribution in [2.75, 3.05) is 0 Å². The average Bonchev–Trinajstić information content (AvgIpc) is 3.25. The van der Waals surface area contributed by atoms with Crippen LogP contribution in [0.3, 0.4) is 0 Å². The summed E-state index contributed by atoms with van der Waals surface area (Å²) in [5.74, 6) is 0.102. The van der Waals surface area contributed by atoms with Crippen molar-refractivity contribution in [3.63, 3.8) is 0 Å². The number of aromatic nitrogens is 6. The van der Waals surface area contributed by atoms with Crippen molar-refractivity contribution < 1.29 is 4.42 Å². The van der Waals surface area contributed by atoms with Gasteiger partial charge < -0.3 is 8.98 Å². The molecule has 3 aromatic heterocycles. The Morgan fingerprint density at radius 3 is 2.52 bits per heavy atom. The number of hydrogen-bond donors (Lipinski definition) is 0. The van der Waals surface area contributed by atoms with Gasteiger partial charge in [0.25, 0.3) is 5.56 Å². The van der Waals surface area contributed by atoms with Crippen LogP contribution in [0.15, 0.2) is 50.9 Å². The van der Waals surface area contributed by atoms with Crippen LogP contribution >= 0.6 is 0 Å². The highest BCUT2D eigenvalue weighted by atomic mass is 16.4. The molecule has 4 rings (SSSR count). The molecule has 9 heteroatoms. The molecule has 0 amide bonds. The van der Waals surface area contributed by atoms with Crippen LogP contribution in [0.25, 0.3) is 11.2 Å². The Balaban J connectivity index is 1.49. The fraction of sp³-hybridized carbons (Fsp3) is 0.350. The maximum Gasteiger partial charge on any atom is 0.437 e. The van der Waals surface area contributed by atoms with E-state index in [2.05, 4.69) is 53.2 Å². The first-order chi connectivity index (χ1) is 13.9. The van der Waals surface area contributed by atoms with E-state index < -0.39 is 5.76 Å². The zero-order valence-corrected chi connectivity index (χ0v) is 16.6. The molecule has 0 N–H and O–H groups in total. The van der Waals surface area contributed by atoms with Crippen LogP contribution in [0.5, 0.6) is 0 Å². The molecular weight excluding hydrogens is 372 g/mol. The monoisotopic (exact) mass is 394 g/mol. The maximum atomic E-state index is 12.6. The van der Waals surface area contributed by atoms with Gasteiger partial charge in [0, 0.05) is 7.05 Å². The Bertz CT molecular complexity index is 1260. The summed E-state index contributed by atoms with van der Waals surface area (Å²) in [7, 11) is 1.73.